The molecule has 7 heteroatoms. The number of carbonyl (C=O) groups excluding carboxylic acids is 4. The van der Waals surface area contributed by atoms with Gasteiger partial charge in [0.15, 0.2) is 6.61 Å². The molecule has 1 N–H and O–H groups in total. The third-order valence-corrected chi connectivity index (χ3v) is 5.49. The average molecular weight is 386 g/mol. The molecule has 1 aromatic rings. The van der Waals surface area contributed by atoms with Gasteiger partial charge in [-0.3, -0.25) is 24.1 Å². The monoisotopic (exact) mass is 386 g/mol. The first-order valence-electron chi connectivity index (χ1n) is 9.78. The number of ether oxygens (including phenoxy) is 1. The van der Waals surface area contributed by atoms with Crippen LogP contribution in [-0.2, 0) is 14.3 Å². The largest absolute Gasteiger partial charge is 0.456 e. The van der Waals surface area contributed by atoms with Crippen molar-refractivity contribution in [3.8, 4) is 0 Å². The Hall–Kier alpha value is -2.70. The molecular weight excluding hydrogens is 360 g/mol. The predicted octanol–water partition coefficient (Wildman–Crippen LogP) is 2.22. The number of aryl methyl sites for hydroxylation is 1. The van der Waals surface area contributed by atoms with Crippen LogP contribution in [0.1, 0.15) is 65.3 Å². The van der Waals surface area contributed by atoms with Gasteiger partial charge in [0.25, 0.3) is 17.7 Å². The summed E-state index contributed by atoms with van der Waals surface area (Å²) >= 11 is 0. The summed E-state index contributed by atoms with van der Waals surface area (Å²) in [6.07, 6.45) is 4.16. The molecule has 0 saturated heterocycles. The van der Waals surface area contributed by atoms with E-state index in [9.17, 15) is 19.2 Å². The van der Waals surface area contributed by atoms with Crippen LogP contribution in [0.25, 0.3) is 0 Å². The highest BCUT2D eigenvalue weighted by Gasteiger charge is 2.35. The number of rotatable bonds is 6. The molecule has 1 aromatic carbocycles. The lowest BCUT2D eigenvalue weighted by Crippen LogP contribution is -2.43. The number of benzene rings is 1. The van der Waals surface area contributed by atoms with Crippen LogP contribution in [0.15, 0.2) is 18.2 Å². The fourth-order valence-corrected chi connectivity index (χ4v) is 3.81. The van der Waals surface area contributed by atoms with Gasteiger partial charge in [0.2, 0.25) is 0 Å². The number of fused-ring (bicyclic) bond motifs is 1. The lowest BCUT2D eigenvalue weighted by atomic mass is 9.86. The summed E-state index contributed by atoms with van der Waals surface area (Å²) in [6, 6.07) is 5.19. The van der Waals surface area contributed by atoms with Gasteiger partial charge in [-0.2, -0.15) is 0 Å². The zero-order valence-electron chi connectivity index (χ0n) is 16.3. The van der Waals surface area contributed by atoms with Gasteiger partial charge < -0.3 is 10.1 Å². The Balaban J connectivity index is 1.44. The molecular formula is C21H26N2O5. The third kappa shape index (κ3) is 4.40. The van der Waals surface area contributed by atoms with E-state index in [4.69, 9.17) is 4.74 Å². The minimum atomic E-state index is -0.612. The SMILES string of the molecule is Cc1ccc2c(c1)C(=O)N(CCC(=O)OCC(=O)NC1CCCCC1C)C2=O. The van der Waals surface area contributed by atoms with Crippen LogP contribution < -0.4 is 5.32 Å². The van der Waals surface area contributed by atoms with E-state index in [1.54, 1.807) is 18.2 Å². The average Bonchev–Trinajstić information content (AvgIpc) is 2.90. The molecule has 1 aliphatic heterocycles. The van der Waals surface area contributed by atoms with Crippen LogP contribution in [-0.4, -0.2) is 47.8 Å². The molecule has 7 nitrogen and oxygen atoms in total. The summed E-state index contributed by atoms with van der Waals surface area (Å²) in [5, 5.41) is 2.92. The van der Waals surface area contributed by atoms with Crippen molar-refractivity contribution in [1.82, 2.24) is 10.2 Å². The van der Waals surface area contributed by atoms with Crippen LogP contribution in [0.4, 0.5) is 0 Å². The molecule has 2 unspecified atom stereocenters. The van der Waals surface area contributed by atoms with Gasteiger partial charge in [-0.1, -0.05) is 31.4 Å². The van der Waals surface area contributed by atoms with E-state index in [1.165, 1.54) is 6.42 Å². The van der Waals surface area contributed by atoms with Crippen molar-refractivity contribution in [1.29, 1.82) is 0 Å². The zero-order valence-corrected chi connectivity index (χ0v) is 16.3. The van der Waals surface area contributed by atoms with Crippen molar-refractivity contribution < 1.29 is 23.9 Å². The number of hydrogen-bond donors (Lipinski definition) is 1. The second kappa shape index (κ2) is 8.54. The maximum atomic E-state index is 12.4. The summed E-state index contributed by atoms with van der Waals surface area (Å²) in [5.74, 6) is -1.31. The standard InChI is InChI=1S/C21H26N2O5/c1-13-7-8-15-16(11-13)21(27)23(20(15)26)10-9-19(25)28-12-18(24)22-17-6-4-3-5-14(17)2/h7-8,11,14,17H,3-6,9-10,12H2,1-2H3,(H,22,24). The third-order valence-electron chi connectivity index (χ3n) is 5.49. The first-order chi connectivity index (χ1) is 13.4. The van der Waals surface area contributed by atoms with Gasteiger partial charge in [-0.15, -0.1) is 0 Å². The molecule has 28 heavy (non-hydrogen) atoms. The van der Waals surface area contributed by atoms with E-state index >= 15 is 0 Å². The summed E-state index contributed by atoms with van der Waals surface area (Å²) in [5.41, 5.74) is 1.60. The highest BCUT2D eigenvalue weighted by molar-refractivity contribution is 6.21. The Morgan fingerprint density at radius 2 is 1.86 bits per heavy atom. The maximum absolute atomic E-state index is 12.4. The van der Waals surface area contributed by atoms with Crippen molar-refractivity contribution in [3.05, 3.63) is 34.9 Å². The Labute approximate surface area is 164 Å². The molecule has 0 bridgehead atoms. The first-order valence-corrected chi connectivity index (χ1v) is 9.78. The molecule has 0 aromatic heterocycles. The Bertz CT molecular complexity index is 804. The maximum Gasteiger partial charge on any atom is 0.308 e. The van der Waals surface area contributed by atoms with Crippen molar-refractivity contribution in [2.24, 2.45) is 5.92 Å². The molecule has 1 saturated carbocycles. The van der Waals surface area contributed by atoms with Crippen molar-refractivity contribution >= 4 is 23.7 Å². The Morgan fingerprint density at radius 3 is 2.61 bits per heavy atom. The van der Waals surface area contributed by atoms with Gasteiger partial charge in [0.05, 0.1) is 17.5 Å². The Kier molecular flexibility index (Phi) is 6.11. The summed E-state index contributed by atoms with van der Waals surface area (Å²) in [4.78, 5) is 49.7. The lowest BCUT2D eigenvalue weighted by molar-refractivity contribution is -0.149. The smallest absolute Gasteiger partial charge is 0.308 e. The molecule has 3 rings (SSSR count). The van der Waals surface area contributed by atoms with E-state index in [2.05, 4.69) is 12.2 Å². The highest BCUT2D eigenvalue weighted by Crippen LogP contribution is 2.24. The van der Waals surface area contributed by atoms with Crippen LogP contribution in [0.3, 0.4) is 0 Å². The molecule has 2 atom stereocenters. The molecule has 1 heterocycles. The van der Waals surface area contributed by atoms with Crippen LogP contribution in [0.5, 0.6) is 0 Å². The van der Waals surface area contributed by atoms with E-state index < -0.39 is 17.8 Å². The van der Waals surface area contributed by atoms with Crippen LogP contribution >= 0.6 is 0 Å². The Morgan fingerprint density at radius 1 is 1.14 bits per heavy atom. The molecule has 150 valence electrons. The van der Waals surface area contributed by atoms with E-state index in [-0.39, 0.29) is 31.5 Å². The summed E-state index contributed by atoms with van der Waals surface area (Å²) in [6.45, 7) is 3.55. The fourth-order valence-electron chi connectivity index (χ4n) is 3.81. The minimum Gasteiger partial charge on any atom is -0.456 e. The normalized spacial score (nSPS) is 21.4. The van der Waals surface area contributed by atoms with E-state index in [0.717, 1.165) is 29.7 Å². The molecule has 1 aliphatic carbocycles. The topological polar surface area (TPSA) is 92.8 Å². The van der Waals surface area contributed by atoms with Gasteiger partial charge in [-0.25, -0.2) is 0 Å². The lowest BCUT2D eigenvalue weighted by Gasteiger charge is -2.29. The molecule has 3 amide bonds. The van der Waals surface area contributed by atoms with Gasteiger partial charge in [0, 0.05) is 12.6 Å². The summed E-state index contributed by atoms with van der Waals surface area (Å²) in [7, 11) is 0. The van der Waals surface area contributed by atoms with Crippen molar-refractivity contribution in [2.75, 3.05) is 13.2 Å². The first kappa shape index (κ1) is 20.0. The second-order valence-corrected chi connectivity index (χ2v) is 7.66. The number of carbonyl (C=O) groups is 4. The summed E-state index contributed by atoms with van der Waals surface area (Å²) < 4.78 is 5.01. The van der Waals surface area contributed by atoms with E-state index in [0.29, 0.717) is 17.0 Å². The number of esters is 1. The van der Waals surface area contributed by atoms with Gasteiger partial charge >= 0.3 is 5.97 Å². The van der Waals surface area contributed by atoms with Gasteiger partial charge in [0.1, 0.15) is 0 Å². The second-order valence-electron chi connectivity index (χ2n) is 7.66. The van der Waals surface area contributed by atoms with Crippen molar-refractivity contribution in [2.45, 2.75) is 52.0 Å². The number of amides is 3. The quantitative estimate of drug-likeness (QED) is 0.598. The number of imide groups is 1. The van der Waals surface area contributed by atoms with Gasteiger partial charge in [-0.05, 0) is 37.8 Å². The number of nitrogens with one attached hydrogen (secondary N) is 1. The minimum absolute atomic E-state index is 0.0640. The molecule has 0 spiro atoms. The van der Waals surface area contributed by atoms with Crippen LogP contribution in [0, 0.1) is 12.8 Å². The molecule has 0 radical (unpaired) electrons. The zero-order chi connectivity index (χ0) is 20.3. The number of hydrogen-bond acceptors (Lipinski definition) is 5. The van der Waals surface area contributed by atoms with Crippen molar-refractivity contribution in [3.63, 3.8) is 0 Å². The molecule has 2 aliphatic rings. The molecule has 1 fully saturated rings. The van der Waals surface area contributed by atoms with Crippen LogP contribution in [0.2, 0.25) is 0 Å². The highest BCUT2D eigenvalue weighted by atomic mass is 16.5. The number of nitrogens with zero attached hydrogens (tertiary/aromatic N) is 1. The predicted molar refractivity (Wildman–Crippen MR) is 102 cm³/mol. The fraction of sp³-hybridized carbons (Fsp3) is 0.524. The van der Waals surface area contributed by atoms with E-state index in [1.807, 2.05) is 6.92 Å².